The van der Waals surface area contributed by atoms with E-state index in [0.29, 0.717) is 23.4 Å². The summed E-state index contributed by atoms with van der Waals surface area (Å²) < 4.78 is 1.83. The minimum absolute atomic E-state index is 0.159. The monoisotopic (exact) mass is 290 g/mol. The molecule has 0 aliphatic carbocycles. The topological polar surface area (TPSA) is 54.6 Å². The molecule has 0 atom stereocenters. The first-order valence-electron chi connectivity index (χ1n) is 7.25. The number of aromatic hydroxyl groups is 1. The Balaban J connectivity index is 2.07. The molecule has 1 aromatic heterocycles. The van der Waals surface area contributed by atoms with Gasteiger partial charge in [-0.15, -0.1) is 0 Å². The number of aliphatic imine (C=N–C) groups is 1. The SMILES string of the molecule is CCn1c(O)c(C2=NC(=O)c3ccccc32)c2ccccc21. The van der Waals surface area contributed by atoms with Gasteiger partial charge >= 0.3 is 0 Å². The number of amides is 1. The highest BCUT2D eigenvalue weighted by atomic mass is 16.3. The number of fused-ring (bicyclic) bond motifs is 2. The van der Waals surface area contributed by atoms with Gasteiger partial charge in [-0.05, 0) is 19.1 Å². The van der Waals surface area contributed by atoms with Crippen LogP contribution >= 0.6 is 0 Å². The molecule has 22 heavy (non-hydrogen) atoms. The molecule has 1 aliphatic heterocycles. The Labute approximate surface area is 127 Å². The fourth-order valence-electron chi connectivity index (χ4n) is 3.13. The summed E-state index contributed by atoms with van der Waals surface area (Å²) in [4.78, 5) is 16.3. The number of hydrogen-bond donors (Lipinski definition) is 1. The van der Waals surface area contributed by atoms with Gasteiger partial charge < -0.3 is 9.67 Å². The largest absolute Gasteiger partial charge is 0.494 e. The summed E-state index contributed by atoms with van der Waals surface area (Å²) >= 11 is 0. The lowest BCUT2D eigenvalue weighted by Crippen LogP contribution is -2.01. The lowest BCUT2D eigenvalue weighted by molar-refractivity contribution is 0.101. The van der Waals surface area contributed by atoms with Crippen molar-refractivity contribution in [2.75, 3.05) is 0 Å². The van der Waals surface area contributed by atoms with E-state index in [2.05, 4.69) is 4.99 Å². The second kappa shape index (κ2) is 4.56. The van der Waals surface area contributed by atoms with E-state index in [4.69, 9.17) is 0 Å². The number of benzene rings is 2. The number of para-hydroxylation sites is 1. The summed E-state index contributed by atoms with van der Waals surface area (Å²) in [6.07, 6.45) is 0. The molecule has 0 radical (unpaired) electrons. The smallest absolute Gasteiger partial charge is 0.278 e. The first kappa shape index (κ1) is 12.8. The zero-order valence-corrected chi connectivity index (χ0v) is 12.1. The van der Waals surface area contributed by atoms with Crippen molar-refractivity contribution in [3.8, 4) is 5.88 Å². The van der Waals surface area contributed by atoms with Crippen LogP contribution in [0.3, 0.4) is 0 Å². The molecule has 4 nitrogen and oxygen atoms in total. The average Bonchev–Trinajstić information content (AvgIpc) is 3.02. The third-order valence-electron chi connectivity index (χ3n) is 4.12. The van der Waals surface area contributed by atoms with Crippen molar-refractivity contribution in [2.45, 2.75) is 13.5 Å². The molecule has 4 rings (SSSR count). The van der Waals surface area contributed by atoms with Gasteiger partial charge in [0.05, 0.1) is 22.4 Å². The molecule has 0 bridgehead atoms. The van der Waals surface area contributed by atoms with Crippen molar-refractivity contribution in [3.63, 3.8) is 0 Å². The Bertz CT molecular complexity index is 951. The summed E-state index contributed by atoms with van der Waals surface area (Å²) in [5, 5.41) is 11.6. The van der Waals surface area contributed by atoms with Crippen LogP contribution in [0.15, 0.2) is 53.5 Å². The molecule has 1 N–H and O–H groups in total. The van der Waals surface area contributed by atoms with E-state index in [1.54, 1.807) is 6.07 Å². The maximum absolute atomic E-state index is 12.1. The summed E-state index contributed by atoms with van der Waals surface area (Å²) in [6.45, 7) is 2.63. The highest BCUT2D eigenvalue weighted by molar-refractivity contribution is 6.31. The lowest BCUT2D eigenvalue weighted by atomic mass is 9.99. The molecule has 1 amide bonds. The Morgan fingerprint density at radius 2 is 1.73 bits per heavy atom. The van der Waals surface area contributed by atoms with E-state index < -0.39 is 0 Å². The van der Waals surface area contributed by atoms with Crippen LogP contribution in [0.2, 0.25) is 0 Å². The maximum atomic E-state index is 12.1. The molecular weight excluding hydrogens is 276 g/mol. The maximum Gasteiger partial charge on any atom is 0.278 e. The van der Waals surface area contributed by atoms with Crippen LogP contribution in [0.4, 0.5) is 0 Å². The molecule has 2 heterocycles. The van der Waals surface area contributed by atoms with Gasteiger partial charge in [-0.1, -0.05) is 36.4 Å². The minimum atomic E-state index is -0.252. The van der Waals surface area contributed by atoms with Crippen molar-refractivity contribution in [1.29, 1.82) is 0 Å². The van der Waals surface area contributed by atoms with E-state index in [0.717, 1.165) is 16.5 Å². The van der Waals surface area contributed by atoms with Gasteiger partial charge in [0.1, 0.15) is 0 Å². The molecule has 4 heteroatoms. The van der Waals surface area contributed by atoms with Crippen LogP contribution in [-0.4, -0.2) is 21.3 Å². The first-order chi connectivity index (χ1) is 10.7. The third kappa shape index (κ3) is 1.58. The number of rotatable bonds is 2. The highest BCUT2D eigenvalue weighted by Crippen LogP contribution is 2.35. The summed E-state index contributed by atoms with van der Waals surface area (Å²) in [5.41, 5.74) is 3.50. The van der Waals surface area contributed by atoms with E-state index in [1.807, 2.05) is 54.0 Å². The van der Waals surface area contributed by atoms with Crippen LogP contribution in [-0.2, 0) is 6.54 Å². The average molecular weight is 290 g/mol. The number of carbonyl (C=O) groups excluding carboxylic acids is 1. The van der Waals surface area contributed by atoms with Gasteiger partial charge in [-0.2, -0.15) is 0 Å². The number of aryl methyl sites for hydroxylation is 1. The molecule has 0 saturated carbocycles. The molecule has 2 aromatic carbocycles. The first-order valence-corrected chi connectivity index (χ1v) is 7.25. The second-order valence-corrected chi connectivity index (χ2v) is 5.27. The molecule has 0 unspecified atom stereocenters. The summed E-state index contributed by atoms with van der Waals surface area (Å²) in [7, 11) is 0. The Morgan fingerprint density at radius 1 is 1.05 bits per heavy atom. The normalized spacial score (nSPS) is 13.5. The Kier molecular flexibility index (Phi) is 2.66. The third-order valence-corrected chi connectivity index (χ3v) is 4.12. The van der Waals surface area contributed by atoms with Crippen LogP contribution < -0.4 is 0 Å². The molecule has 0 fully saturated rings. The van der Waals surface area contributed by atoms with E-state index in [1.165, 1.54) is 0 Å². The Morgan fingerprint density at radius 3 is 2.50 bits per heavy atom. The molecular formula is C18H14N2O2. The van der Waals surface area contributed by atoms with Gasteiger partial charge in [-0.3, -0.25) is 4.79 Å². The number of nitrogens with zero attached hydrogens (tertiary/aromatic N) is 2. The number of hydrogen-bond acceptors (Lipinski definition) is 2. The highest BCUT2D eigenvalue weighted by Gasteiger charge is 2.29. The van der Waals surface area contributed by atoms with E-state index >= 15 is 0 Å². The predicted octanol–water partition coefficient (Wildman–Crippen LogP) is 3.36. The zero-order chi connectivity index (χ0) is 15.3. The summed E-state index contributed by atoms with van der Waals surface area (Å²) in [6, 6.07) is 15.1. The molecule has 0 spiro atoms. The quantitative estimate of drug-likeness (QED) is 0.786. The predicted molar refractivity (Wildman–Crippen MR) is 85.7 cm³/mol. The van der Waals surface area contributed by atoms with Crippen LogP contribution in [0.5, 0.6) is 5.88 Å². The van der Waals surface area contributed by atoms with Crippen molar-refractivity contribution < 1.29 is 9.90 Å². The molecule has 3 aromatic rings. The molecule has 108 valence electrons. The molecule has 0 saturated heterocycles. The van der Waals surface area contributed by atoms with Gasteiger partial charge in [0, 0.05) is 17.5 Å². The standard InChI is InChI=1S/C18H14N2O2/c1-2-20-14-10-6-5-9-13(14)15(18(20)22)16-11-7-3-4-8-12(11)17(21)19-16/h3-10,22H,2H2,1H3. The van der Waals surface area contributed by atoms with Crippen molar-refractivity contribution in [3.05, 3.63) is 65.2 Å². The number of carbonyl (C=O) groups is 1. The number of aromatic nitrogens is 1. The Hall–Kier alpha value is -2.88. The van der Waals surface area contributed by atoms with Crippen molar-refractivity contribution >= 4 is 22.5 Å². The van der Waals surface area contributed by atoms with E-state index in [9.17, 15) is 9.90 Å². The second-order valence-electron chi connectivity index (χ2n) is 5.27. The van der Waals surface area contributed by atoms with Crippen molar-refractivity contribution in [2.24, 2.45) is 4.99 Å². The fourth-order valence-corrected chi connectivity index (χ4v) is 3.13. The van der Waals surface area contributed by atoms with Crippen LogP contribution in [0.25, 0.3) is 10.9 Å². The van der Waals surface area contributed by atoms with Crippen molar-refractivity contribution in [1.82, 2.24) is 4.57 Å². The minimum Gasteiger partial charge on any atom is -0.494 e. The van der Waals surface area contributed by atoms with Gasteiger partial charge in [0.15, 0.2) is 0 Å². The lowest BCUT2D eigenvalue weighted by Gasteiger charge is -2.04. The van der Waals surface area contributed by atoms with Gasteiger partial charge in [-0.25, -0.2) is 4.99 Å². The zero-order valence-electron chi connectivity index (χ0n) is 12.1. The summed E-state index contributed by atoms with van der Waals surface area (Å²) in [5.74, 6) is -0.0923. The van der Waals surface area contributed by atoms with Crippen LogP contribution in [0, 0.1) is 0 Å². The van der Waals surface area contributed by atoms with Crippen LogP contribution in [0.1, 0.15) is 28.4 Å². The fraction of sp³-hybridized carbons (Fsp3) is 0.111. The van der Waals surface area contributed by atoms with Gasteiger partial charge in [0.2, 0.25) is 5.88 Å². The van der Waals surface area contributed by atoms with E-state index in [-0.39, 0.29) is 11.8 Å². The molecule has 1 aliphatic rings. The van der Waals surface area contributed by atoms with Gasteiger partial charge in [0.25, 0.3) is 5.91 Å².